The summed E-state index contributed by atoms with van der Waals surface area (Å²) in [5, 5.41) is 0.866. The molecule has 0 bridgehead atoms. The molecule has 7 heteroatoms. The second-order valence-corrected chi connectivity index (χ2v) is 8.30. The van der Waals surface area contributed by atoms with Gasteiger partial charge in [0.2, 0.25) is 0 Å². The van der Waals surface area contributed by atoms with Crippen molar-refractivity contribution in [1.29, 1.82) is 0 Å². The van der Waals surface area contributed by atoms with Crippen molar-refractivity contribution in [3.8, 4) is 0 Å². The first kappa shape index (κ1) is 14.1. The molecule has 1 aromatic carbocycles. The summed E-state index contributed by atoms with van der Waals surface area (Å²) in [5.41, 5.74) is 1.43. The van der Waals surface area contributed by atoms with E-state index in [2.05, 4.69) is 32.6 Å². The van der Waals surface area contributed by atoms with Gasteiger partial charge in [0.25, 0.3) is 10.0 Å². The normalized spacial score (nSPS) is 15.3. The maximum Gasteiger partial charge on any atom is 0.269 e. The van der Waals surface area contributed by atoms with Crippen LogP contribution in [0.25, 0.3) is 11.0 Å². The number of rotatable bonds is 3. The average Bonchev–Trinajstić information content (AvgIpc) is 3.32. The summed E-state index contributed by atoms with van der Waals surface area (Å²) in [5.74, 6) is 0.439. The molecule has 0 N–H and O–H groups in total. The van der Waals surface area contributed by atoms with Gasteiger partial charge < -0.3 is 0 Å². The molecule has 3 aromatic rings. The van der Waals surface area contributed by atoms with E-state index in [0.29, 0.717) is 11.6 Å². The van der Waals surface area contributed by atoms with Gasteiger partial charge in [0.05, 0.1) is 16.0 Å². The topological polar surface area (TPSA) is 64.8 Å². The number of fused-ring (bicyclic) bond motifs is 1. The Hall–Kier alpha value is -1.48. The largest absolute Gasteiger partial charge is 0.269 e. The van der Waals surface area contributed by atoms with E-state index in [1.54, 1.807) is 36.5 Å². The molecular formula is C15H12IN3O2S. The van der Waals surface area contributed by atoms with Crippen molar-refractivity contribution in [2.24, 2.45) is 0 Å². The van der Waals surface area contributed by atoms with Crippen LogP contribution in [0.15, 0.2) is 47.8 Å². The van der Waals surface area contributed by atoms with Gasteiger partial charge in [-0.2, -0.15) is 0 Å². The van der Waals surface area contributed by atoms with Crippen LogP contribution in [-0.2, 0) is 10.0 Å². The van der Waals surface area contributed by atoms with Crippen LogP contribution in [0.4, 0.5) is 0 Å². The van der Waals surface area contributed by atoms with E-state index in [9.17, 15) is 8.42 Å². The van der Waals surface area contributed by atoms with Gasteiger partial charge in [0, 0.05) is 15.7 Å². The molecule has 22 heavy (non-hydrogen) atoms. The van der Waals surface area contributed by atoms with E-state index >= 15 is 0 Å². The Morgan fingerprint density at radius 1 is 1.14 bits per heavy atom. The third kappa shape index (κ3) is 2.14. The van der Waals surface area contributed by atoms with Crippen molar-refractivity contribution < 1.29 is 8.42 Å². The van der Waals surface area contributed by atoms with Crippen molar-refractivity contribution in [2.75, 3.05) is 0 Å². The van der Waals surface area contributed by atoms with E-state index in [1.807, 2.05) is 0 Å². The SMILES string of the molecule is O=S(=O)(c1ccccc1)n1cc(I)c2c(C3CC3)ncnc21. The van der Waals surface area contributed by atoms with Gasteiger partial charge in [-0.05, 0) is 47.6 Å². The standard InChI is InChI=1S/C15H12IN3O2S/c16-12-8-19(22(20,21)11-4-2-1-3-5-11)15-13(12)14(10-6-7-10)17-9-18-15/h1-5,8-10H,6-7H2. The van der Waals surface area contributed by atoms with Crippen molar-refractivity contribution in [2.45, 2.75) is 23.7 Å². The van der Waals surface area contributed by atoms with Crippen LogP contribution in [0.5, 0.6) is 0 Å². The highest BCUT2D eigenvalue weighted by Crippen LogP contribution is 2.43. The molecule has 0 unspecified atom stereocenters. The Morgan fingerprint density at radius 2 is 1.86 bits per heavy atom. The summed E-state index contributed by atoms with van der Waals surface area (Å²) < 4.78 is 27.9. The lowest BCUT2D eigenvalue weighted by Gasteiger charge is -2.07. The van der Waals surface area contributed by atoms with Crippen molar-refractivity contribution in [3.05, 3.63) is 52.1 Å². The minimum Gasteiger partial charge on any atom is -0.240 e. The van der Waals surface area contributed by atoms with E-state index in [0.717, 1.165) is 27.5 Å². The zero-order valence-electron chi connectivity index (χ0n) is 11.5. The van der Waals surface area contributed by atoms with Crippen LogP contribution in [0.3, 0.4) is 0 Å². The lowest BCUT2D eigenvalue weighted by Crippen LogP contribution is -2.12. The van der Waals surface area contributed by atoms with Gasteiger partial charge in [0.15, 0.2) is 5.65 Å². The summed E-state index contributed by atoms with van der Waals surface area (Å²) >= 11 is 2.16. The predicted molar refractivity (Wildman–Crippen MR) is 91.2 cm³/mol. The van der Waals surface area contributed by atoms with Crippen LogP contribution in [0.1, 0.15) is 24.5 Å². The molecule has 1 fully saturated rings. The molecule has 0 amide bonds. The second kappa shape index (κ2) is 5.02. The predicted octanol–water partition coefficient (Wildman–Crippen LogP) is 3.15. The maximum absolute atomic E-state index is 12.9. The Bertz CT molecular complexity index is 963. The van der Waals surface area contributed by atoms with Gasteiger partial charge in [-0.1, -0.05) is 18.2 Å². The Morgan fingerprint density at radius 3 is 2.55 bits per heavy atom. The van der Waals surface area contributed by atoms with Crippen LogP contribution >= 0.6 is 22.6 Å². The molecule has 1 saturated carbocycles. The number of benzene rings is 1. The highest BCUT2D eigenvalue weighted by Gasteiger charge is 2.30. The number of halogens is 1. The lowest BCUT2D eigenvalue weighted by molar-refractivity contribution is 0.588. The van der Waals surface area contributed by atoms with Crippen LogP contribution in [0, 0.1) is 3.57 Å². The molecule has 1 aliphatic rings. The lowest BCUT2D eigenvalue weighted by atomic mass is 10.2. The quantitative estimate of drug-likeness (QED) is 0.605. The Balaban J connectivity index is 1.99. The second-order valence-electron chi connectivity index (χ2n) is 5.32. The Labute approximate surface area is 141 Å². The fourth-order valence-corrected chi connectivity index (χ4v) is 4.89. The van der Waals surface area contributed by atoms with E-state index < -0.39 is 10.0 Å². The summed E-state index contributed by atoms with van der Waals surface area (Å²) in [7, 11) is -3.65. The highest BCUT2D eigenvalue weighted by atomic mass is 127. The first-order valence-electron chi connectivity index (χ1n) is 6.91. The molecule has 0 spiro atoms. The molecular weight excluding hydrogens is 413 g/mol. The fourth-order valence-electron chi connectivity index (χ4n) is 2.57. The number of aromatic nitrogens is 3. The third-order valence-corrected chi connectivity index (χ3v) is 6.28. The monoisotopic (exact) mass is 425 g/mol. The van der Waals surface area contributed by atoms with Gasteiger partial charge in [-0.25, -0.2) is 22.4 Å². The first-order valence-corrected chi connectivity index (χ1v) is 9.43. The average molecular weight is 425 g/mol. The van der Waals surface area contributed by atoms with E-state index in [-0.39, 0.29) is 4.90 Å². The zero-order valence-corrected chi connectivity index (χ0v) is 14.5. The van der Waals surface area contributed by atoms with E-state index in [4.69, 9.17) is 0 Å². The molecule has 0 aliphatic heterocycles. The first-order chi connectivity index (χ1) is 10.6. The molecule has 0 saturated heterocycles. The summed E-state index contributed by atoms with van der Waals surface area (Å²) in [6, 6.07) is 8.42. The molecule has 2 aromatic heterocycles. The molecule has 4 rings (SSSR count). The number of nitrogens with zero attached hydrogens (tertiary/aromatic N) is 3. The van der Waals surface area contributed by atoms with Gasteiger partial charge in [0.1, 0.15) is 6.33 Å². The fraction of sp³-hybridized carbons (Fsp3) is 0.200. The van der Waals surface area contributed by atoms with E-state index in [1.165, 1.54) is 10.3 Å². The molecule has 1 aliphatic carbocycles. The van der Waals surface area contributed by atoms with Crippen molar-refractivity contribution in [1.82, 2.24) is 13.9 Å². The maximum atomic E-state index is 12.9. The smallest absolute Gasteiger partial charge is 0.240 e. The molecule has 2 heterocycles. The molecule has 0 radical (unpaired) electrons. The zero-order chi connectivity index (χ0) is 15.3. The van der Waals surface area contributed by atoms with Gasteiger partial charge in [-0.3, -0.25) is 0 Å². The highest BCUT2D eigenvalue weighted by molar-refractivity contribution is 14.1. The van der Waals surface area contributed by atoms with Gasteiger partial charge in [-0.15, -0.1) is 0 Å². The van der Waals surface area contributed by atoms with Crippen molar-refractivity contribution >= 4 is 43.6 Å². The molecule has 5 nitrogen and oxygen atoms in total. The third-order valence-electron chi connectivity index (χ3n) is 3.80. The Kier molecular flexibility index (Phi) is 3.23. The summed E-state index contributed by atoms with van der Waals surface area (Å²) in [6.07, 6.45) is 5.31. The van der Waals surface area contributed by atoms with Crippen LogP contribution in [-0.4, -0.2) is 22.4 Å². The van der Waals surface area contributed by atoms with Gasteiger partial charge >= 0.3 is 0 Å². The minimum atomic E-state index is -3.65. The summed E-state index contributed by atoms with van der Waals surface area (Å²) in [4.78, 5) is 8.87. The number of hydrogen-bond acceptors (Lipinski definition) is 4. The summed E-state index contributed by atoms with van der Waals surface area (Å²) in [6.45, 7) is 0. The molecule has 112 valence electrons. The minimum absolute atomic E-state index is 0.259. The number of hydrogen-bond donors (Lipinski definition) is 0. The van der Waals surface area contributed by atoms with Crippen LogP contribution < -0.4 is 0 Å². The molecule has 0 atom stereocenters. The van der Waals surface area contributed by atoms with Crippen molar-refractivity contribution in [3.63, 3.8) is 0 Å². The van der Waals surface area contributed by atoms with Crippen LogP contribution in [0.2, 0.25) is 0 Å².